The van der Waals surface area contributed by atoms with Crippen LogP contribution in [0.3, 0.4) is 0 Å². The molecule has 0 saturated heterocycles. The van der Waals surface area contributed by atoms with E-state index in [-0.39, 0.29) is 45.5 Å². The Balaban J connectivity index is 0.00000196. The van der Waals surface area contributed by atoms with Crippen molar-refractivity contribution >= 4 is 65.7 Å². The van der Waals surface area contributed by atoms with Gasteiger partial charge >= 0.3 is 45.5 Å². The zero-order valence-electron chi connectivity index (χ0n) is 6.65. The van der Waals surface area contributed by atoms with Gasteiger partial charge in [-0.25, -0.2) is 0 Å². The van der Waals surface area contributed by atoms with Gasteiger partial charge in [0.05, 0.1) is 0 Å². The quantitative estimate of drug-likeness (QED) is 0.547. The van der Waals surface area contributed by atoms with Gasteiger partial charge in [0.25, 0.3) is 20.2 Å². The summed E-state index contributed by atoms with van der Waals surface area (Å²) in [4.78, 5) is -1.69. The predicted molar refractivity (Wildman–Crippen MR) is 54.6 cm³/mol. The SMILES string of the molecule is O=S(=O)(O)c1ccccc1S(=O)(=O)O.[SrH2]. The molecule has 2 N–H and O–H groups in total. The maximum atomic E-state index is 10.7. The fourth-order valence-electron chi connectivity index (χ4n) is 0.876. The molecular formula is C6H8O6S2Sr. The Morgan fingerprint density at radius 2 is 1.07 bits per heavy atom. The van der Waals surface area contributed by atoms with E-state index in [1.54, 1.807) is 0 Å². The summed E-state index contributed by atoms with van der Waals surface area (Å²) in [5.74, 6) is 0. The summed E-state index contributed by atoms with van der Waals surface area (Å²) in [7, 11) is -9.31. The fraction of sp³-hybridized carbons (Fsp3) is 0. The molecule has 1 aromatic carbocycles. The number of hydrogen-bond donors (Lipinski definition) is 2. The Kier molecular flexibility index (Phi) is 5.42. The minimum atomic E-state index is -4.66. The zero-order valence-corrected chi connectivity index (χ0v) is 8.29. The Labute approximate surface area is 124 Å². The van der Waals surface area contributed by atoms with E-state index >= 15 is 0 Å². The van der Waals surface area contributed by atoms with Gasteiger partial charge in [0.1, 0.15) is 9.79 Å². The topological polar surface area (TPSA) is 109 Å². The van der Waals surface area contributed by atoms with Crippen LogP contribution in [0.2, 0.25) is 0 Å². The first-order valence-corrected chi connectivity index (χ1v) is 6.15. The molecule has 0 bridgehead atoms. The van der Waals surface area contributed by atoms with Gasteiger partial charge in [0.2, 0.25) is 0 Å². The minimum absolute atomic E-state index is 0. The molecule has 0 aliphatic carbocycles. The van der Waals surface area contributed by atoms with E-state index in [2.05, 4.69) is 0 Å². The van der Waals surface area contributed by atoms with Crippen molar-refractivity contribution in [2.75, 3.05) is 0 Å². The van der Waals surface area contributed by atoms with Crippen molar-refractivity contribution in [3.8, 4) is 0 Å². The van der Waals surface area contributed by atoms with Crippen LogP contribution >= 0.6 is 0 Å². The average molecular weight is 328 g/mol. The zero-order chi connectivity index (χ0) is 11.0. The second-order valence-corrected chi connectivity index (χ2v) is 5.18. The van der Waals surface area contributed by atoms with Crippen molar-refractivity contribution in [2.24, 2.45) is 0 Å². The Bertz CT molecular complexity index is 496. The van der Waals surface area contributed by atoms with Gasteiger partial charge in [-0.05, 0) is 12.1 Å². The van der Waals surface area contributed by atoms with Crippen molar-refractivity contribution in [2.45, 2.75) is 9.79 Å². The Hall–Kier alpha value is 0.521. The van der Waals surface area contributed by atoms with Crippen molar-refractivity contribution in [1.29, 1.82) is 0 Å². The molecule has 0 saturated carbocycles. The first kappa shape index (κ1) is 15.5. The van der Waals surface area contributed by atoms with Crippen LogP contribution in [0.5, 0.6) is 0 Å². The van der Waals surface area contributed by atoms with Gasteiger partial charge < -0.3 is 0 Å². The Morgan fingerprint density at radius 1 is 0.800 bits per heavy atom. The van der Waals surface area contributed by atoms with Gasteiger partial charge in [-0.15, -0.1) is 0 Å². The molecule has 0 aromatic heterocycles. The van der Waals surface area contributed by atoms with Crippen LogP contribution in [0, 0.1) is 0 Å². The summed E-state index contributed by atoms with van der Waals surface area (Å²) in [6.45, 7) is 0. The van der Waals surface area contributed by atoms with Gasteiger partial charge in [0, 0.05) is 0 Å². The van der Waals surface area contributed by atoms with Crippen molar-refractivity contribution in [1.82, 2.24) is 0 Å². The molecule has 0 aliphatic rings. The molecule has 82 valence electrons. The third kappa shape index (κ3) is 4.11. The fourth-order valence-corrected chi connectivity index (χ4v) is 2.65. The van der Waals surface area contributed by atoms with Crippen LogP contribution in [0.25, 0.3) is 0 Å². The summed E-state index contributed by atoms with van der Waals surface area (Å²) >= 11 is 0. The van der Waals surface area contributed by atoms with Gasteiger partial charge in [-0.1, -0.05) is 12.1 Å². The first-order chi connectivity index (χ1) is 6.23. The van der Waals surface area contributed by atoms with Crippen LogP contribution < -0.4 is 0 Å². The number of rotatable bonds is 2. The maximum absolute atomic E-state index is 10.7. The van der Waals surface area contributed by atoms with E-state index < -0.39 is 30.0 Å². The van der Waals surface area contributed by atoms with Crippen LogP contribution in [-0.4, -0.2) is 71.4 Å². The molecule has 0 aliphatic heterocycles. The third-order valence-corrected chi connectivity index (χ3v) is 3.36. The summed E-state index contributed by atoms with van der Waals surface area (Å²) in [5, 5.41) is 0. The summed E-state index contributed by atoms with van der Waals surface area (Å²) in [6.07, 6.45) is 0. The molecule has 9 heteroatoms. The molecule has 0 radical (unpaired) electrons. The third-order valence-electron chi connectivity index (χ3n) is 1.40. The molecule has 0 unspecified atom stereocenters. The van der Waals surface area contributed by atoms with Crippen molar-refractivity contribution in [3.63, 3.8) is 0 Å². The molecule has 6 nitrogen and oxygen atoms in total. The van der Waals surface area contributed by atoms with Crippen LogP contribution in [-0.2, 0) is 20.2 Å². The van der Waals surface area contributed by atoms with Crippen molar-refractivity contribution < 1.29 is 25.9 Å². The normalized spacial score (nSPS) is 11.9. The molecule has 0 spiro atoms. The standard InChI is InChI=1S/C6H6O6S2.Sr.2H/c7-13(8,9)5-3-1-2-4-6(5)14(10,11)12;;;/h1-4H,(H,7,8,9)(H,10,11,12);;;. The van der Waals surface area contributed by atoms with E-state index in [0.29, 0.717) is 0 Å². The van der Waals surface area contributed by atoms with Crippen LogP contribution in [0.1, 0.15) is 0 Å². The molecular weight excluding hydrogens is 320 g/mol. The number of benzene rings is 1. The molecule has 1 aromatic rings. The number of hydrogen-bond acceptors (Lipinski definition) is 4. The molecule has 0 fully saturated rings. The monoisotopic (exact) mass is 328 g/mol. The molecule has 1 rings (SSSR count). The van der Waals surface area contributed by atoms with Crippen LogP contribution in [0.15, 0.2) is 34.1 Å². The predicted octanol–water partition coefficient (Wildman–Crippen LogP) is -0.736. The van der Waals surface area contributed by atoms with E-state index in [1.807, 2.05) is 0 Å². The Morgan fingerprint density at radius 3 is 1.27 bits per heavy atom. The van der Waals surface area contributed by atoms with Gasteiger partial charge in [-0.2, -0.15) is 16.8 Å². The van der Waals surface area contributed by atoms with Crippen LogP contribution in [0.4, 0.5) is 0 Å². The molecule has 0 atom stereocenters. The summed E-state index contributed by atoms with van der Waals surface area (Å²) in [5.41, 5.74) is 0. The van der Waals surface area contributed by atoms with Gasteiger partial charge in [-0.3, -0.25) is 9.11 Å². The second-order valence-electron chi connectivity index (χ2n) is 2.40. The summed E-state index contributed by atoms with van der Waals surface area (Å²) in [6, 6.07) is 4.19. The summed E-state index contributed by atoms with van der Waals surface area (Å²) < 4.78 is 60.0. The van der Waals surface area contributed by atoms with E-state index in [0.717, 1.165) is 12.1 Å². The van der Waals surface area contributed by atoms with E-state index in [4.69, 9.17) is 9.11 Å². The van der Waals surface area contributed by atoms with E-state index in [9.17, 15) is 16.8 Å². The molecule has 0 heterocycles. The first-order valence-electron chi connectivity index (χ1n) is 3.27. The van der Waals surface area contributed by atoms with Gasteiger partial charge in [0.15, 0.2) is 0 Å². The molecule has 0 amide bonds. The van der Waals surface area contributed by atoms with Crippen molar-refractivity contribution in [3.05, 3.63) is 24.3 Å². The van der Waals surface area contributed by atoms with E-state index in [1.165, 1.54) is 12.1 Å². The average Bonchev–Trinajstić information content (AvgIpc) is 2.01. The molecule has 15 heavy (non-hydrogen) atoms. The second kappa shape index (κ2) is 5.23.